The van der Waals surface area contributed by atoms with Crippen molar-refractivity contribution in [2.24, 2.45) is 24.6 Å². The van der Waals surface area contributed by atoms with E-state index in [0.29, 0.717) is 41.3 Å². The molecular formula is C22H25F3N6OS. The first-order chi connectivity index (χ1) is 15.7. The van der Waals surface area contributed by atoms with Crippen molar-refractivity contribution in [1.82, 2.24) is 14.5 Å². The SMILES string of the molecule is Cn1c(=O)[nH]c2ccc(-c3sc(NC[C@@H](N)CC4CCC(C(F)(F)F)CC4)nc3C#N)cc21. The lowest BCUT2D eigenvalue weighted by atomic mass is 9.79. The monoisotopic (exact) mass is 478 g/mol. The van der Waals surface area contributed by atoms with Gasteiger partial charge in [-0.05, 0) is 55.7 Å². The topological polar surface area (TPSA) is 113 Å². The molecule has 0 amide bonds. The van der Waals surface area contributed by atoms with Crippen molar-refractivity contribution >= 4 is 27.5 Å². The van der Waals surface area contributed by atoms with Crippen LogP contribution in [-0.2, 0) is 7.05 Å². The number of aromatic nitrogens is 3. The number of fused-ring (bicyclic) bond motifs is 1. The minimum absolute atomic E-state index is 0.173. The smallest absolute Gasteiger partial charge is 0.360 e. The molecule has 1 aromatic carbocycles. The van der Waals surface area contributed by atoms with Crippen LogP contribution in [0.1, 0.15) is 37.8 Å². The number of anilines is 1. The number of hydrogen-bond acceptors (Lipinski definition) is 6. The number of aromatic amines is 1. The predicted octanol–water partition coefficient (Wildman–Crippen LogP) is 4.36. The summed E-state index contributed by atoms with van der Waals surface area (Å²) in [4.78, 5) is 19.6. The van der Waals surface area contributed by atoms with Gasteiger partial charge >= 0.3 is 11.9 Å². The highest BCUT2D eigenvalue weighted by molar-refractivity contribution is 7.19. The van der Waals surface area contributed by atoms with Crippen molar-refractivity contribution in [3.05, 3.63) is 34.4 Å². The molecule has 0 radical (unpaired) electrons. The second-order valence-electron chi connectivity index (χ2n) is 8.67. The minimum Gasteiger partial charge on any atom is -0.360 e. The molecule has 2 aromatic heterocycles. The van der Waals surface area contributed by atoms with Crippen LogP contribution < -0.4 is 16.7 Å². The van der Waals surface area contributed by atoms with Gasteiger partial charge in [-0.3, -0.25) is 4.57 Å². The number of aryl methyl sites for hydroxylation is 1. The fraction of sp³-hybridized carbons (Fsp3) is 0.500. The van der Waals surface area contributed by atoms with Gasteiger partial charge in [0.2, 0.25) is 0 Å². The number of nitrogens with one attached hydrogen (secondary N) is 2. The summed E-state index contributed by atoms with van der Waals surface area (Å²) in [7, 11) is 1.67. The van der Waals surface area contributed by atoms with Gasteiger partial charge < -0.3 is 16.0 Å². The first kappa shape index (κ1) is 23.3. The van der Waals surface area contributed by atoms with E-state index in [9.17, 15) is 23.2 Å². The molecule has 2 heterocycles. The summed E-state index contributed by atoms with van der Waals surface area (Å²) < 4.78 is 40.0. The molecular weight excluding hydrogens is 453 g/mol. The van der Waals surface area contributed by atoms with Gasteiger partial charge in [0.1, 0.15) is 6.07 Å². The van der Waals surface area contributed by atoms with E-state index in [1.165, 1.54) is 15.9 Å². The number of benzene rings is 1. The van der Waals surface area contributed by atoms with Crippen molar-refractivity contribution in [2.75, 3.05) is 11.9 Å². The largest absolute Gasteiger partial charge is 0.391 e. The predicted molar refractivity (Wildman–Crippen MR) is 122 cm³/mol. The Balaban J connectivity index is 1.39. The van der Waals surface area contributed by atoms with E-state index in [0.717, 1.165) is 11.1 Å². The molecule has 7 nitrogen and oxygen atoms in total. The fourth-order valence-corrected chi connectivity index (χ4v) is 5.41. The van der Waals surface area contributed by atoms with E-state index in [4.69, 9.17) is 5.73 Å². The third-order valence-electron chi connectivity index (χ3n) is 6.36. The molecule has 0 spiro atoms. The maximum atomic E-state index is 12.8. The highest BCUT2D eigenvalue weighted by Crippen LogP contribution is 2.40. The molecule has 1 atom stereocenters. The van der Waals surface area contributed by atoms with E-state index in [1.807, 2.05) is 12.1 Å². The summed E-state index contributed by atoms with van der Waals surface area (Å²) in [6, 6.07) is 7.36. The van der Waals surface area contributed by atoms with Crippen LogP contribution in [0.5, 0.6) is 0 Å². The molecule has 0 saturated heterocycles. The third-order valence-corrected chi connectivity index (χ3v) is 7.42. The number of nitrogens with two attached hydrogens (primary N) is 1. The number of nitriles is 1. The molecule has 1 fully saturated rings. The van der Waals surface area contributed by atoms with Crippen molar-refractivity contribution < 1.29 is 13.2 Å². The van der Waals surface area contributed by atoms with E-state index in [1.54, 1.807) is 13.1 Å². The average molecular weight is 479 g/mol. The van der Waals surface area contributed by atoms with E-state index in [-0.39, 0.29) is 36.2 Å². The van der Waals surface area contributed by atoms with Gasteiger partial charge in [0.25, 0.3) is 0 Å². The molecule has 3 aromatic rings. The maximum Gasteiger partial charge on any atom is 0.391 e. The van der Waals surface area contributed by atoms with Gasteiger partial charge in [-0.1, -0.05) is 17.4 Å². The lowest BCUT2D eigenvalue weighted by molar-refractivity contribution is -0.184. The Bertz CT molecular complexity index is 1230. The van der Waals surface area contributed by atoms with Crippen LogP contribution in [0.25, 0.3) is 21.5 Å². The van der Waals surface area contributed by atoms with Crippen LogP contribution in [0.15, 0.2) is 23.0 Å². The summed E-state index contributed by atoms with van der Waals surface area (Å²) in [5.41, 5.74) is 8.52. The number of imidazole rings is 1. The van der Waals surface area contributed by atoms with Crippen LogP contribution in [0.3, 0.4) is 0 Å². The zero-order valence-corrected chi connectivity index (χ0v) is 18.9. The van der Waals surface area contributed by atoms with Gasteiger partial charge in [-0.2, -0.15) is 18.4 Å². The van der Waals surface area contributed by atoms with Crippen LogP contribution >= 0.6 is 11.3 Å². The van der Waals surface area contributed by atoms with Crippen LogP contribution in [-0.4, -0.2) is 33.3 Å². The molecule has 33 heavy (non-hydrogen) atoms. The fourth-order valence-electron chi connectivity index (χ4n) is 4.49. The van der Waals surface area contributed by atoms with Crippen molar-refractivity contribution in [3.63, 3.8) is 0 Å². The molecule has 4 N–H and O–H groups in total. The molecule has 0 unspecified atom stereocenters. The second-order valence-corrected chi connectivity index (χ2v) is 9.66. The molecule has 0 aliphatic heterocycles. The lowest BCUT2D eigenvalue weighted by Crippen LogP contribution is -2.34. The van der Waals surface area contributed by atoms with Crippen LogP contribution in [0.2, 0.25) is 0 Å². The summed E-state index contributed by atoms with van der Waals surface area (Å²) in [5, 5.41) is 13.3. The first-order valence-corrected chi connectivity index (χ1v) is 11.6. The summed E-state index contributed by atoms with van der Waals surface area (Å²) >= 11 is 1.33. The summed E-state index contributed by atoms with van der Waals surface area (Å²) in [5.74, 6) is -0.990. The van der Waals surface area contributed by atoms with E-state index in [2.05, 4.69) is 21.4 Å². The van der Waals surface area contributed by atoms with Gasteiger partial charge in [0, 0.05) is 19.6 Å². The molecule has 4 rings (SSSR count). The Morgan fingerprint density at radius 2 is 2.09 bits per heavy atom. The Kier molecular flexibility index (Phi) is 6.50. The van der Waals surface area contributed by atoms with Crippen LogP contribution in [0.4, 0.5) is 18.3 Å². The molecule has 11 heteroatoms. The minimum atomic E-state index is -4.10. The average Bonchev–Trinajstić information content (AvgIpc) is 3.32. The Labute approximate surface area is 192 Å². The highest BCUT2D eigenvalue weighted by atomic mass is 32.1. The zero-order chi connectivity index (χ0) is 23.8. The number of hydrogen-bond donors (Lipinski definition) is 3. The van der Waals surface area contributed by atoms with Gasteiger partial charge in [-0.15, -0.1) is 0 Å². The van der Waals surface area contributed by atoms with Crippen LogP contribution in [0, 0.1) is 23.2 Å². The molecule has 1 aliphatic carbocycles. The highest BCUT2D eigenvalue weighted by Gasteiger charge is 2.41. The van der Waals surface area contributed by atoms with Gasteiger partial charge in [0.05, 0.1) is 21.8 Å². The third kappa shape index (κ3) is 5.07. The van der Waals surface area contributed by atoms with E-state index >= 15 is 0 Å². The number of thiazole rings is 1. The first-order valence-electron chi connectivity index (χ1n) is 10.8. The van der Waals surface area contributed by atoms with Crippen molar-refractivity contribution in [1.29, 1.82) is 5.26 Å². The standard InChI is InChI=1S/C22H25F3N6OS/c1-31-18-9-13(4-7-16(18)30-21(31)32)19-17(10-26)29-20(33-19)28-11-15(27)8-12-2-5-14(6-3-12)22(23,24)25/h4,7,9,12,14-15H,2-3,5-6,8,11,27H2,1H3,(H,28,29)(H,30,32)/t12?,14?,15-/m0/s1. The summed E-state index contributed by atoms with van der Waals surface area (Å²) in [6.07, 6.45) is -2.02. The Morgan fingerprint density at radius 1 is 1.36 bits per heavy atom. The van der Waals surface area contributed by atoms with Crippen molar-refractivity contribution in [3.8, 4) is 16.5 Å². The Morgan fingerprint density at radius 3 is 2.76 bits per heavy atom. The van der Waals surface area contributed by atoms with Gasteiger partial charge in [0.15, 0.2) is 10.8 Å². The molecule has 176 valence electrons. The number of nitrogens with zero attached hydrogens (tertiary/aromatic N) is 3. The van der Waals surface area contributed by atoms with Crippen molar-refractivity contribution in [2.45, 2.75) is 44.3 Å². The summed E-state index contributed by atoms with van der Waals surface area (Å²) in [6.45, 7) is 0.419. The number of alkyl halides is 3. The molecule has 1 saturated carbocycles. The lowest BCUT2D eigenvalue weighted by Gasteiger charge is -2.31. The molecule has 0 bridgehead atoms. The maximum absolute atomic E-state index is 12.8. The number of halogens is 3. The van der Waals surface area contributed by atoms with Gasteiger partial charge in [-0.25, -0.2) is 9.78 Å². The molecule has 1 aliphatic rings. The number of H-pyrrole nitrogens is 1. The van der Waals surface area contributed by atoms with E-state index < -0.39 is 12.1 Å². The zero-order valence-electron chi connectivity index (χ0n) is 18.1. The quantitative estimate of drug-likeness (QED) is 0.487. The Hall–Kier alpha value is -2.84. The second kappa shape index (κ2) is 9.19. The number of rotatable bonds is 6. The normalized spacial score (nSPS) is 20.0.